The lowest BCUT2D eigenvalue weighted by Gasteiger charge is -2.34. The first-order valence-corrected chi connectivity index (χ1v) is 11.6. The van der Waals surface area contributed by atoms with Crippen LogP contribution in [-0.4, -0.2) is 47.7 Å². The van der Waals surface area contributed by atoms with Gasteiger partial charge in [-0.25, -0.2) is 4.98 Å². The van der Waals surface area contributed by atoms with Crippen LogP contribution in [0.5, 0.6) is 0 Å². The molecule has 4 nitrogen and oxygen atoms in total. The Balaban J connectivity index is 1.49. The molecule has 2 aromatic carbocycles. The minimum atomic E-state index is 0.124. The summed E-state index contributed by atoms with van der Waals surface area (Å²) in [4.78, 5) is 23.1. The van der Waals surface area contributed by atoms with Crippen LogP contribution in [0, 0.1) is 6.92 Å². The van der Waals surface area contributed by atoms with Crippen molar-refractivity contribution in [2.45, 2.75) is 18.7 Å². The Morgan fingerprint density at radius 1 is 1.18 bits per heavy atom. The number of aromatic nitrogens is 1. The smallest absolute Gasteiger partial charge is 0.255 e. The van der Waals surface area contributed by atoms with E-state index in [0.717, 1.165) is 55.2 Å². The van der Waals surface area contributed by atoms with Crippen molar-refractivity contribution in [2.75, 3.05) is 36.8 Å². The number of amides is 1. The van der Waals surface area contributed by atoms with E-state index in [1.807, 2.05) is 41.3 Å². The maximum Gasteiger partial charge on any atom is 0.255 e. The summed E-state index contributed by atoms with van der Waals surface area (Å²) in [7, 11) is 0. The number of carbonyl (C=O) groups is 1. The maximum atomic E-state index is 13.0. The van der Waals surface area contributed by atoms with Gasteiger partial charge in [0.1, 0.15) is 0 Å². The predicted molar refractivity (Wildman–Crippen MR) is 120 cm³/mol. The standard InChI is InChI=1S/C21H22ClN3OS2/c1-3-27-17-7-5-4-6-15(17)20(26)24-10-12-25(13-11-24)21-23-18-14(2)8-9-16(22)19(18)28-21/h4-9H,3,10-13H2,1-2H3. The van der Waals surface area contributed by atoms with E-state index in [2.05, 4.69) is 18.7 Å². The van der Waals surface area contributed by atoms with Crippen molar-refractivity contribution in [1.82, 2.24) is 9.88 Å². The second-order valence-electron chi connectivity index (χ2n) is 6.75. The quantitative estimate of drug-likeness (QED) is 0.523. The van der Waals surface area contributed by atoms with Gasteiger partial charge < -0.3 is 9.80 Å². The number of fused-ring (bicyclic) bond motifs is 1. The van der Waals surface area contributed by atoms with E-state index in [-0.39, 0.29) is 5.91 Å². The summed E-state index contributed by atoms with van der Waals surface area (Å²) >= 11 is 9.71. The first-order valence-electron chi connectivity index (χ1n) is 9.40. The zero-order valence-corrected chi connectivity index (χ0v) is 18.3. The fourth-order valence-electron chi connectivity index (χ4n) is 3.42. The van der Waals surface area contributed by atoms with E-state index in [1.165, 1.54) is 0 Å². The lowest BCUT2D eigenvalue weighted by Crippen LogP contribution is -2.48. The van der Waals surface area contributed by atoms with Crippen molar-refractivity contribution in [3.8, 4) is 0 Å². The third kappa shape index (κ3) is 3.73. The second-order valence-corrected chi connectivity index (χ2v) is 9.44. The fraction of sp³-hybridized carbons (Fsp3) is 0.333. The molecule has 0 atom stereocenters. The average Bonchev–Trinajstić information content (AvgIpc) is 3.18. The molecule has 3 aromatic rings. The molecule has 1 amide bonds. The van der Waals surface area contributed by atoms with Crippen molar-refractivity contribution in [3.63, 3.8) is 0 Å². The van der Waals surface area contributed by atoms with Crippen LogP contribution in [0.4, 0.5) is 5.13 Å². The molecule has 0 N–H and O–H groups in total. The van der Waals surface area contributed by atoms with Gasteiger partial charge in [0.2, 0.25) is 0 Å². The van der Waals surface area contributed by atoms with Crippen LogP contribution in [0.2, 0.25) is 5.02 Å². The molecule has 146 valence electrons. The zero-order chi connectivity index (χ0) is 19.7. The van der Waals surface area contributed by atoms with Crippen LogP contribution in [0.15, 0.2) is 41.3 Å². The molecular weight excluding hydrogens is 410 g/mol. The van der Waals surface area contributed by atoms with Gasteiger partial charge in [-0.1, -0.05) is 48.1 Å². The first-order chi connectivity index (χ1) is 13.6. The van der Waals surface area contributed by atoms with Crippen molar-refractivity contribution in [1.29, 1.82) is 0 Å². The molecule has 1 aliphatic rings. The Morgan fingerprint density at radius 3 is 2.64 bits per heavy atom. The minimum absolute atomic E-state index is 0.124. The van der Waals surface area contributed by atoms with Crippen molar-refractivity contribution in [3.05, 3.63) is 52.5 Å². The van der Waals surface area contributed by atoms with Gasteiger partial charge in [-0.2, -0.15) is 0 Å². The lowest BCUT2D eigenvalue weighted by molar-refractivity contribution is 0.0743. The van der Waals surface area contributed by atoms with Gasteiger partial charge in [-0.15, -0.1) is 11.8 Å². The monoisotopic (exact) mass is 431 g/mol. The summed E-state index contributed by atoms with van der Waals surface area (Å²) in [5.74, 6) is 1.08. The highest BCUT2D eigenvalue weighted by molar-refractivity contribution is 7.99. The van der Waals surface area contributed by atoms with E-state index in [1.54, 1.807) is 23.1 Å². The van der Waals surface area contributed by atoms with E-state index >= 15 is 0 Å². The number of rotatable bonds is 4. The number of benzene rings is 2. The molecule has 0 bridgehead atoms. The molecule has 1 aromatic heterocycles. The number of thioether (sulfide) groups is 1. The molecule has 1 aliphatic heterocycles. The van der Waals surface area contributed by atoms with Crippen LogP contribution in [0.3, 0.4) is 0 Å². The third-order valence-corrected chi connectivity index (χ3v) is 7.47. The van der Waals surface area contributed by atoms with Gasteiger partial charge in [-0.3, -0.25) is 4.79 Å². The van der Waals surface area contributed by atoms with Gasteiger partial charge in [-0.05, 0) is 36.4 Å². The van der Waals surface area contributed by atoms with Gasteiger partial charge in [0.15, 0.2) is 5.13 Å². The Labute approximate surface area is 178 Å². The molecule has 2 heterocycles. The van der Waals surface area contributed by atoms with Crippen molar-refractivity contribution >= 4 is 56.0 Å². The molecule has 0 unspecified atom stereocenters. The molecule has 7 heteroatoms. The molecule has 0 saturated carbocycles. The Bertz CT molecular complexity index is 973. The van der Waals surface area contributed by atoms with Gasteiger partial charge in [0.25, 0.3) is 5.91 Å². The van der Waals surface area contributed by atoms with Gasteiger partial charge in [0.05, 0.1) is 20.8 Å². The van der Waals surface area contributed by atoms with Crippen molar-refractivity contribution in [2.24, 2.45) is 0 Å². The molecule has 4 rings (SSSR count). The summed E-state index contributed by atoms with van der Waals surface area (Å²) in [5, 5.41) is 1.74. The molecular formula is C21H22ClN3OS2. The summed E-state index contributed by atoms with van der Waals surface area (Å²) in [6.07, 6.45) is 0. The predicted octanol–water partition coefficient (Wildman–Crippen LogP) is 5.33. The first kappa shape index (κ1) is 19.6. The fourth-order valence-corrected chi connectivity index (χ4v) is 5.59. The largest absolute Gasteiger partial charge is 0.345 e. The Kier molecular flexibility index (Phi) is 5.80. The Hall–Kier alpha value is -1.76. The third-order valence-electron chi connectivity index (χ3n) is 4.94. The topological polar surface area (TPSA) is 36.4 Å². The van der Waals surface area contributed by atoms with Crippen LogP contribution >= 0.6 is 34.7 Å². The Morgan fingerprint density at radius 2 is 1.93 bits per heavy atom. The summed E-state index contributed by atoms with van der Waals surface area (Å²) in [5.41, 5.74) is 2.93. The van der Waals surface area contributed by atoms with Crippen LogP contribution < -0.4 is 4.90 Å². The normalized spacial score (nSPS) is 14.7. The number of thiazole rings is 1. The SMILES string of the molecule is CCSc1ccccc1C(=O)N1CCN(c2nc3c(C)ccc(Cl)c3s2)CC1. The van der Waals surface area contributed by atoms with Crippen molar-refractivity contribution < 1.29 is 4.79 Å². The molecule has 0 aliphatic carbocycles. The molecule has 1 saturated heterocycles. The molecule has 0 radical (unpaired) electrons. The number of halogens is 1. The van der Waals surface area contributed by atoms with Gasteiger partial charge >= 0.3 is 0 Å². The number of hydrogen-bond acceptors (Lipinski definition) is 5. The van der Waals surface area contributed by atoms with Gasteiger partial charge in [0, 0.05) is 31.1 Å². The highest BCUT2D eigenvalue weighted by Crippen LogP contribution is 2.36. The number of nitrogens with zero attached hydrogens (tertiary/aromatic N) is 3. The van der Waals surface area contributed by atoms with E-state index in [4.69, 9.17) is 16.6 Å². The van der Waals surface area contributed by atoms with E-state index < -0.39 is 0 Å². The van der Waals surface area contributed by atoms with E-state index in [9.17, 15) is 4.79 Å². The molecule has 28 heavy (non-hydrogen) atoms. The lowest BCUT2D eigenvalue weighted by atomic mass is 10.2. The number of carbonyl (C=O) groups excluding carboxylic acids is 1. The van der Waals surface area contributed by atoms with Crippen LogP contribution in [-0.2, 0) is 0 Å². The minimum Gasteiger partial charge on any atom is -0.345 e. The van der Waals surface area contributed by atoms with Crippen LogP contribution in [0.25, 0.3) is 10.2 Å². The second kappa shape index (κ2) is 8.31. The highest BCUT2D eigenvalue weighted by Gasteiger charge is 2.25. The van der Waals surface area contributed by atoms with Crippen LogP contribution in [0.1, 0.15) is 22.8 Å². The average molecular weight is 432 g/mol. The summed E-state index contributed by atoms with van der Waals surface area (Å²) in [6.45, 7) is 7.14. The number of hydrogen-bond donors (Lipinski definition) is 0. The van der Waals surface area contributed by atoms with E-state index in [0.29, 0.717) is 13.1 Å². The highest BCUT2D eigenvalue weighted by atomic mass is 35.5. The summed E-state index contributed by atoms with van der Waals surface area (Å²) in [6, 6.07) is 11.8. The summed E-state index contributed by atoms with van der Waals surface area (Å²) < 4.78 is 1.04. The number of aryl methyl sites for hydroxylation is 1. The molecule has 1 fully saturated rings. The molecule has 0 spiro atoms. The zero-order valence-electron chi connectivity index (χ0n) is 15.9. The number of piperazine rings is 1. The maximum absolute atomic E-state index is 13.0. The number of anilines is 1.